The number of carbonyl (C=O) groups excluding carboxylic acids is 2. The van der Waals surface area contributed by atoms with Crippen molar-refractivity contribution in [3.05, 3.63) is 0 Å². The highest BCUT2D eigenvalue weighted by Gasteiger charge is 2.57. The van der Waals surface area contributed by atoms with Crippen molar-refractivity contribution in [2.75, 3.05) is 32.7 Å². The highest BCUT2D eigenvalue weighted by atomic mass is 16.2. The van der Waals surface area contributed by atoms with Crippen molar-refractivity contribution >= 4 is 11.9 Å². The number of hydrogen-bond donors (Lipinski definition) is 2. The van der Waals surface area contributed by atoms with Gasteiger partial charge in [-0.15, -0.1) is 0 Å². The Kier molecular flexibility index (Phi) is 4.54. The molecule has 0 aromatic rings. The van der Waals surface area contributed by atoms with E-state index >= 15 is 0 Å². The fourth-order valence-corrected chi connectivity index (χ4v) is 4.40. The van der Waals surface area contributed by atoms with E-state index in [1.807, 2.05) is 9.80 Å². The predicted octanol–water partition coefficient (Wildman–Crippen LogP) is 1.01. The molecule has 1 saturated carbocycles. The van der Waals surface area contributed by atoms with Crippen molar-refractivity contribution in [2.45, 2.75) is 45.1 Å². The maximum Gasteiger partial charge on any atom is 0.317 e. The molecule has 2 bridgehead atoms. The second kappa shape index (κ2) is 6.30. The highest BCUT2D eigenvalue weighted by Crippen LogP contribution is 2.50. The van der Waals surface area contributed by atoms with E-state index in [-0.39, 0.29) is 23.4 Å². The second-order valence-corrected chi connectivity index (χ2v) is 8.02. The SMILES string of the molecule is CC(C)CNC(=O)N1CCCC(C(=O)N2CC3CC2(CN)C3)C1. The molecule has 4 rings (SSSR count). The van der Waals surface area contributed by atoms with Gasteiger partial charge in [0.2, 0.25) is 5.91 Å². The number of likely N-dealkylation sites (tertiary alicyclic amines) is 1. The number of nitrogens with two attached hydrogens (primary N) is 1. The monoisotopic (exact) mass is 322 g/mol. The molecule has 0 spiro atoms. The van der Waals surface area contributed by atoms with E-state index in [2.05, 4.69) is 19.2 Å². The number of fused-ring (bicyclic) bond motifs is 1. The van der Waals surface area contributed by atoms with E-state index in [1.54, 1.807) is 0 Å². The average Bonchev–Trinajstić information content (AvgIpc) is 3.07. The van der Waals surface area contributed by atoms with Gasteiger partial charge in [-0.25, -0.2) is 4.79 Å². The molecule has 23 heavy (non-hydrogen) atoms. The van der Waals surface area contributed by atoms with Crippen LogP contribution in [0.3, 0.4) is 0 Å². The lowest BCUT2D eigenvalue weighted by atomic mass is 9.73. The third-order valence-electron chi connectivity index (χ3n) is 5.72. The summed E-state index contributed by atoms with van der Waals surface area (Å²) >= 11 is 0. The van der Waals surface area contributed by atoms with Gasteiger partial charge < -0.3 is 20.9 Å². The summed E-state index contributed by atoms with van der Waals surface area (Å²) in [5, 5.41) is 2.96. The number of hydrogen-bond acceptors (Lipinski definition) is 3. The Labute approximate surface area is 138 Å². The van der Waals surface area contributed by atoms with Crippen LogP contribution in [0.4, 0.5) is 4.79 Å². The van der Waals surface area contributed by atoms with E-state index in [4.69, 9.17) is 5.73 Å². The third-order valence-corrected chi connectivity index (χ3v) is 5.72. The van der Waals surface area contributed by atoms with Crippen molar-refractivity contribution in [1.29, 1.82) is 0 Å². The highest BCUT2D eigenvalue weighted by molar-refractivity contribution is 5.82. The average molecular weight is 322 g/mol. The summed E-state index contributed by atoms with van der Waals surface area (Å²) in [4.78, 5) is 29.1. The molecule has 6 nitrogen and oxygen atoms in total. The molecule has 0 aromatic carbocycles. The van der Waals surface area contributed by atoms with Gasteiger partial charge in [-0.2, -0.15) is 0 Å². The second-order valence-electron chi connectivity index (χ2n) is 8.02. The number of rotatable bonds is 4. The Morgan fingerprint density at radius 3 is 2.70 bits per heavy atom. The standard InChI is InChI=1S/C17H30N4O2/c1-12(2)8-19-16(23)20-5-3-4-14(10-20)15(22)21-9-13-6-17(21,7-13)11-18/h12-14H,3-11,18H2,1-2H3,(H,19,23). The number of urea groups is 1. The summed E-state index contributed by atoms with van der Waals surface area (Å²) in [5.74, 6) is 1.24. The minimum Gasteiger partial charge on any atom is -0.338 e. The van der Waals surface area contributed by atoms with Gasteiger partial charge in [0.15, 0.2) is 0 Å². The lowest BCUT2D eigenvalue weighted by molar-refractivity contribution is -0.140. The summed E-state index contributed by atoms with van der Waals surface area (Å²) in [6.07, 6.45) is 3.92. The van der Waals surface area contributed by atoms with E-state index in [9.17, 15) is 9.59 Å². The van der Waals surface area contributed by atoms with Gasteiger partial charge in [0.05, 0.1) is 11.5 Å². The van der Waals surface area contributed by atoms with Gasteiger partial charge in [-0.05, 0) is 37.5 Å². The van der Waals surface area contributed by atoms with Gasteiger partial charge in [0, 0.05) is 32.7 Å². The molecule has 130 valence electrons. The molecule has 0 aromatic heterocycles. The summed E-state index contributed by atoms with van der Waals surface area (Å²) in [6.45, 7) is 7.57. The zero-order chi connectivity index (χ0) is 16.6. The topological polar surface area (TPSA) is 78.7 Å². The molecule has 3 heterocycles. The fourth-order valence-electron chi connectivity index (χ4n) is 4.40. The van der Waals surface area contributed by atoms with Crippen molar-refractivity contribution in [3.8, 4) is 0 Å². The molecule has 1 unspecified atom stereocenters. The number of amides is 3. The van der Waals surface area contributed by atoms with Crippen molar-refractivity contribution in [1.82, 2.24) is 15.1 Å². The Hall–Kier alpha value is -1.30. The number of carbonyl (C=O) groups is 2. The molecule has 3 aliphatic heterocycles. The summed E-state index contributed by atoms with van der Waals surface area (Å²) in [7, 11) is 0. The van der Waals surface area contributed by atoms with Gasteiger partial charge in [-0.1, -0.05) is 13.8 Å². The Morgan fingerprint density at radius 1 is 1.30 bits per heavy atom. The van der Waals surface area contributed by atoms with E-state index in [1.165, 1.54) is 0 Å². The molecular formula is C17H30N4O2. The van der Waals surface area contributed by atoms with E-state index in [0.29, 0.717) is 31.5 Å². The molecule has 4 fully saturated rings. The van der Waals surface area contributed by atoms with Crippen LogP contribution in [0, 0.1) is 17.8 Å². The van der Waals surface area contributed by atoms with Crippen LogP contribution in [0.2, 0.25) is 0 Å². The largest absolute Gasteiger partial charge is 0.338 e. The first-order chi connectivity index (χ1) is 10.9. The molecule has 6 heteroatoms. The number of nitrogens with one attached hydrogen (secondary N) is 1. The molecule has 0 radical (unpaired) electrons. The van der Waals surface area contributed by atoms with Crippen molar-refractivity contribution in [3.63, 3.8) is 0 Å². The molecule has 3 saturated heterocycles. The summed E-state index contributed by atoms with van der Waals surface area (Å²) < 4.78 is 0. The number of nitrogens with zero attached hydrogens (tertiary/aromatic N) is 2. The van der Waals surface area contributed by atoms with Crippen LogP contribution < -0.4 is 11.1 Å². The minimum absolute atomic E-state index is 0.0320. The zero-order valence-corrected chi connectivity index (χ0v) is 14.4. The maximum absolute atomic E-state index is 12.9. The van der Waals surface area contributed by atoms with Crippen LogP contribution in [0.25, 0.3) is 0 Å². The van der Waals surface area contributed by atoms with Crippen LogP contribution in [-0.2, 0) is 4.79 Å². The zero-order valence-electron chi connectivity index (χ0n) is 14.4. The van der Waals surface area contributed by atoms with Crippen LogP contribution in [0.5, 0.6) is 0 Å². The minimum atomic E-state index is -0.0655. The molecule has 1 atom stereocenters. The van der Waals surface area contributed by atoms with Crippen LogP contribution in [-0.4, -0.2) is 60.0 Å². The first-order valence-corrected chi connectivity index (χ1v) is 8.99. The normalized spacial score (nSPS) is 32.9. The molecule has 4 aliphatic rings. The Balaban J connectivity index is 1.58. The maximum atomic E-state index is 12.9. The lowest BCUT2D eigenvalue weighted by Crippen LogP contribution is -2.57. The van der Waals surface area contributed by atoms with Gasteiger partial charge in [0.1, 0.15) is 0 Å². The van der Waals surface area contributed by atoms with Gasteiger partial charge in [-0.3, -0.25) is 4.79 Å². The van der Waals surface area contributed by atoms with Crippen LogP contribution in [0.15, 0.2) is 0 Å². The van der Waals surface area contributed by atoms with Crippen LogP contribution in [0.1, 0.15) is 39.5 Å². The van der Waals surface area contributed by atoms with Crippen molar-refractivity contribution in [2.24, 2.45) is 23.5 Å². The van der Waals surface area contributed by atoms with E-state index < -0.39 is 0 Å². The quantitative estimate of drug-likeness (QED) is 0.811. The Bertz CT molecular complexity index is 473. The fraction of sp³-hybridized carbons (Fsp3) is 0.882. The first kappa shape index (κ1) is 16.6. The molecule has 3 amide bonds. The van der Waals surface area contributed by atoms with Gasteiger partial charge >= 0.3 is 6.03 Å². The molecule has 1 aliphatic carbocycles. The number of piperidine rings is 1. The third kappa shape index (κ3) is 3.05. The summed E-state index contributed by atoms with van der Waals surface area (Å²) in [5.41, 5.74) is 5.87. The van der Waals surface area contributed by atoms with E-state index in [0.717, 1.165) is 38.8 Å². The lowest BCUT2D eigenvalue weighted by Gasteiger charge is -2.43. The van der Waals surface area contributed by atoms with Gasteiger partial charge in [0.25, 0.3) is 0 Å². The smallest absolute Gasteiger partial charge is 0.317 e. The van der Waals surface area contributed by atoms with Crippen molar-refractivity contribution < 1.29 is 9.59 Å². The predicted molar refractivity (Wildman–Crippen MR) is 88.8 cm³/mol. The Morgan fingerprint density at radius 2 is 2.04 bits per heavy atom. The van der Waals surface area contributed by atoms with Crippen LogP contribution >= 0.6 is 0 Å². The molecular weight excluding hydrogens is 292 g/mol. The first-order valence-electron chi connectivity index (χ1n) is 8.99. The molecule has 3 N–H and O–H groups in total. The summed E-state index contributed by atoms with van der Waals surface area (Å²) in [6, 6.07) is -0.0320.